The minimum absolute atomic E-state index is 0.809. The molecule has 0 fully saturated rings. The summed E-state index contributed by atoms with van der Waals surface area (Å²) in [4.78, 5) is 6.63. The molecule has 0 aliphatic rings. The van der Waals surface area contributed by atoms with E-state index >= 15 is 0 Å². The van der Waals surface area contributed by atoms with Crippen molar-refractivity contribution in [1.29, 1.82) is 0 Å². The summed E-state index contributed by atoms with van der Waals surface area (Å²) in [5.74, 6) is 0.809. The topological polar surface area (TPSA) is 16.1 Å². The molecule has 0 aliphatic heterocycles. The summed E-state index contributed by atoms with van der Waals surface area (Å²) >= 11 is 0. The average Bonchev–Trinajstić information content (AvgIpc) is 2.61. The molecule has 2 nitrogen and oxygen atoms in total. The Kier molecular flexibility index (Phi) is 7.87. The van der Waals surface area contributed by atoms with E-state index in [9.17, 15) is 0 Å². The SMILES string of the molecule is C/C(=C/c1ccc(CCN(C)CCCC(C)C)cc1)c1cccnc1. The maximum absolute atomic E-state index is 4.19. The highest BCUT2D eigenvalue weighted by Crippen LogP contribution is 2.17. The summed E-state index contributed by atoms with van der Waals surface area (Å²) in [6.07, 6.45) is 9.68. The zero-order chi connectivity index (χ0) is 18.1. The van der Waals surface area contributed by atoms with E-state index in [0.29, 0.717) is 0 Å². The molecular weight excluding hydrogens is 304 g/mol. The van der Waals surface area contributed by atoms with Gasteiger partial charge in [-0.3, -0.25) is 4.98 Å². The first-order valence-corrected chi connectivity index (χ1v) is 9.41. The summed E-state index contributed by atoms with van der Waals surface area (Å²) in [6.45, 7) is 9.06. The average molecular weight is 337 g/mol. The summed E-state index contributed by atoms with van der Waals surface area (Å²) in [5.41, 5.74) is 5.07. The summed E-state index contributed by atoms with van der Waals surface area (Å²) in [5, 5.41) is 0. The normalized spacial score (nSPS) is 12.2. The second-order valence-electron chi connectivity index (χ2n) is 7.40. The van der Waals surface area contributed by atoms with E-state index in [1.54, 1.807) is 0 Å². The van der Waals surface area contributed by atoms with Crippen LogP contribution in [0.5, 0.6) is 0 Å². The number of pyridine rings is 1. The van der Waals surface area contributed by atoms with Gasteiger partial charge in [0.2, 0.25) is 0 Å². The van der Waals surface area contributed by atoms with Gasteiger partial charge in [-0.1, -0.05) is 50.3 Å². The van der Waals surface area contributed by atoms with E-state index in [4.69, 9.17) is 0 Å². The molecule has 0 atom stereocenters. The van der Waals surface area contributed by atoms with Gasteiger partial charge in [-0.2, -0.15) is 0 Å². The van der Waals surface area contributed by atoms with E-state index in [0.717, 1.165) is 18.9 Å². The minimum atomic E-state index is 0.809. The van der Waals surface area contributed by atoms with Crippen molar-refractivity contribution in [2.24, 2.45) is 5.92 Å². The molecule has 2 aromatic rings. The fourth-order valence-electron chi connectivity index (χ4n) is 2.91. The smallest absolute Gasteiger partial charge is 0.0342 e. The first-order valence-electron chi connectivity index (χ1n) is 9.41. The molecule has 0 aliphatic carbocycles. The van der Waals surface area contributed by atoms with Crippen molar-refractivity contribution < 1.29 is 0 Å². The number of rotatable bonds is 9. The second-order valence-corrected chi connectivity index (χ2v) is 7.40. The molecule has 2 rings (SSSR count). The van der Waals surface area contributed by atoms with Crippen LogP contribution in [0.15, 0.2) is 48.8 Å². The van der Waals surface area contributed by atoms with Gasteiger partial charge < -0.3 is 4.90 Å². The van der Waals surface area contributed by atoms with Crippen LogP contribution in [0.1, 0.15) is 50.3 Å². The molecule has 0 unspecified atom stereocenters. The molecule has 1 aromatic heterocycles. The Hall–Kier alpha value is -1.93. The van der Waals surface area contributed by atoms with Gasteiger partial charge in [0, 0.05) is 18.9 Å². The van der Waals surface area contributed by atoms with Crippen LogP contribution in [0.25, 0.3) is 11.6 Å². The number of aromatic nitrogens is 1. The van der Waals surface area contributed by atoms with Gasteiger partial charge in [-0.25, -0.2) is 0 Å². The number of hydrogen-bond donors (Lipinski definition) is 0. The predicted molar refractivity (Wildman–Crippen MR) is 109 cm³/mol. The fraction of sp³-hybridized carbons (Fsp3) is 0.435. The van der Waals surface area contributed by atoms with Crippen molar-refractivity contribution in [1.82, 2.24) is 9.88 Å². The van der Waals surface area contributed by atoms with E-state index in [1.165, 1.54) is 41.6 Å². The van der Waals surface area contributed by atoms with Crippen molar-refractivity contribution in [3.63, 3.8) is 0 Å². The first kappa shape index (κ1) is 19.4. The quantitative estimate of drug-likeness (QED) is 0.596. The van der Waals surface area contributed by atoms with Gasteiger partial charge in [0.15, 0.2) is 0 Å². The molecule has 25 heavy (non-hydrogen) atoms. The van der Waals surface area contributed by atoms with Crippen LogP contribution in [0, 0.1) is 5.92 Å². The molecule has 0 bridgehead atoms. The third-order valence-corrected chi connectivity index (χ3v) is 4.58. The largest absolute Gasteiger partial charge is 0.306 e. The summed E-state index contributed by atoms with van der Waals surface area (Å²) in [7, 11) is 2.23. The van der Waals surface area contributed by atoms with Crippen molar-refractivity contribution in [3.05, 3.63) is 65.5 Å². The number of nitrogens with zero attached hydrogens (tertiary/aromatic N) is 2. The Balaban J connectivity index is 1.83. The molecule has 2 heteroatoms. The molecule has 0 spiro atoms. The van der Waals surface area contributed by atoms with E-state index < -0.39 is 0 Å². The van der Waals surface area contributed by atoms with Crippen molar-refractivity contribution in [2.45, 2.75) is 40.0 Å². The maximum atomic E-state index is 4.19. The lowest BCUT2D eigenvalue weighted by atomic mass is 10.0. The van der Waals surface area contributed by atoms with E-state index in [1.807, 2.05) is 18.5 Å². The van der Waals surface area contributed by atoms with Crippen LogP contribution in [-0.4, -0.2) is 30.0 Å². The van der Waals surface area contributed by atoms with Crippen LogP contribution >= 0.6 is 0 Å². The number of hydrogen-bond acceptors (Lipinski definition) is 2. The first-order chi connectivity index (χ1) is 12.0. The maximum Gasteiger partial charge on any atom is 0.0342 e. The molecule has 0 saturated carbocycles. The second kappa shape index (κ2) is 10.1. The summed E-state index contributed by atoms with van der Waals surface area (Å²) in [6, 6.07) is 13.0. The van der Waals surface area contributed by atoms with E-state index in [2.05, 4.69) is 74.1 Å². The summed E-state index contributed by atoms with van der Waals surface area (Å²) < 4.78 is 0. The fourth-order valence-corrected chi connectivity index (χ4v) is 2.91. The molecule has 0 amide bonds. The third kappa shape index (κ3) is 7.23. The van der Waals surface area contributed by atoms with Crippen molar-refractivity contribution in [3.8, 4) is 0 Å². The Labute approximate surface area is 153 Å². The van der Waals surface area contributed by atoms with Gasteiger partial charge in [-0.15, -0.1) is 0 Å². The van der Waals surface area contributed by atoms with Gasteiger partial charge in [0.05, 0.1) is 0 Å². The minimum Gasteiger partial charge on any atom is -0.306 e. The van der Waals surface area contributed by atoms with Crippen LogP contribution < -0.4 is 0 Å². The Morgan fingerprint density at radius 3 is 2.52 bits per heavy atom. The van der Waals surface area contributed by atoms with Gasteiger partial charge in [0.1, 0.15) is 0 Å². The molecule has 0 N–H and O–H groups in total. The van der Waals surface area contributed by atoms with E-state index in [-0.39, 0.29) is 0 Å². The number of allylic oxidation sites excluding steroid dienone is 1. The molecule has 0 radical (unpaired) electrons. The molecule has 1 heterocycles. The van der Waals surface area contributed by atoms with Crippen LogP contribution in [0.2, 0.25) is 0 Å². The van der Waals surface area contributed by atoms with Gasteiger partial charge >= 0.3 is 0 Å². The Bertz CT molecular complexity index is 642. The number of benzene rings is 1. The lowest BCUT2D eigenvalue weighted by molar-refractivity contribution is 0.321. The number of likely N-dealkylation sites (N-methyl/N-ethyl adjacent to an activating group) is 1. The Morgan fingerprint density at radius 2 is 1.88 bits per heavy atom. The molecule has 1 aromatic carbocycles. The molecule has 0 saturated heterocycles. The van der Waals surface area contributed by atoms with Crippen molar-refractivity contribution in [2.75, 3.05) is 20.1 Å². The lowest BCUT2D eigenvalue weighted by Gasteiger charge is -2.17. The van der Waals surface area contributed by atoms with Gasteiger partial charge in [-0.05, 0) is 74.0 Å². The molecule has 134 valence electrons. The highest BCUT2D eigenvalue weighted by molar-refractivity contribution is 5.79. The van der Waals surface area contributed by atoms with Crippen LogP contribution in [0.3, 0.4) is 0 Å². The highest BCUT2D eigenvalue weighted by atomic mass is 15.1. The highest BCUT2D eigenvalue weighted by Gasteiger charge is 2.02. The predicted octanol–water partition coefficient (Wildman–Crippen LogP) is 5.55. The zero-order valence-electron chi connectivity index (χ0n) is 16.2. The monoisotopic (exact) mass is 336 g/mol. The Morgan fingerprint density at radius 1 is 1.12 bits per heavy atom. The van der Waals surface area contributed by atoms with Gasteiger partial charge in [0.25, 0.3) is 0 Å². The van der Waals surface area contributed by atoms with Crippen molar-refractivity contribution >= 4 is 11.6 Å². The van der Waals surface area contributed by atoms with Crippen LogP contribution in [-0.2, 0) is 6.42 Å². The lowest BCUT2D eigenvalue weighted by Crippen LogP contribution is -2.22. The standard InChI is InChI=1S/C23H32N2/c1-19(2)7-6-15-25(4)16-13-21-9-11-22(12-10-21)17-20(3)23-8-5-14-24-18-23/h5,8-12,14,17-19H,6-7,13,15-16H2,1-4H3/b20-17-. The van der Waals surface area contributed by atoms with Crippen LogP contribution in [0.4, 0.5) is 0 Å². The third-order valence-electron chi connectivity index (χ3n) is 4.58. The zero-order valence-corrected chi connectivity index (χ0v) is 16.2. The molecular formula is C23H32N2.